The van der Waals surface area contributed by atoms with Gasteiger partial charge in [0.05, 0.1) is 17.7 Å². The van der Waals surface area contributed by atoms with Crippen LogP contribution in [0.2, 0.25) is 5.02 Å². The Hall–Kier alpha value is -1.10. The molecule has 1 aliphatic rings. The van der Waals surface area contributed by atoms with Gasteiger partial charge in [0.15, 0.2) is 0 Å². The maximum Gasteiger partial charge on any atom is 0.147 e. The van der Waals surface area contributed by atoms with E-state index in [1.807, 2.05) is 11.3 Å². The molecule has 0 amide bonds. The lowest BCUT2D eigenvalue weighted by Crippen LogP contribution is -2.33. The number of pyridine rings is 1. The van der Waals surface area contributed by atoms with Gasteiger partial charge in [0, 0.05) is 17.6 Å². The van der Waals surface area contributed by atoms with Gasteiger partial charge < -0.3 is 10.0 Å². The number of aliphatic hydroxyl groups excluding tert-OH is 1. The molecular formula is C14H15ClN2OS. The first-order valence-corrected chi connectivity index (χ1v) is 7.54. The fraction of sp³-hybridized carbons (Fsp3) is 0.357. The molecule has 0 aromatic carbocycles. The van der Waals surface area contributed by atoms with Gasteiger partial charge in [-0.25, -0.2) is 4.98 Å². The normalized spacial score (nSPS) is 18.5. The van der Waals surface area contributed by atoms with Gasteiger partial charge in [-0.3, -0.25) is 0 Å². The van der Waals surface area contributed by atoms with Crippen LogP contribution in [0.3, 0.4) is 0 Å². The lowest BCUT2D eigenvalue weighted by Gasteiger charge is -2.35. The smallest absolute Gasteiger partial charge is 0.147 e. The second-order valence-electron chi connectivity index (χ2n) is 4.73. The van der Waals surface area contributed by atoms with Crippen LogP contribution in [0.4, 0.5) is 5.82 Å². The summed E-state index contributed by atoms with van der Waals surface area (Å²) < 4.78 is 0. The second-order valence-corrected chi connectivity index (χ2v) is 6.13. The van der Waals surface area contributed by atoms with Gasteiger partial charge in [0.25, 0.3) is 0 Å². The van der Waals surface area contributed by atoms with Crippen LogP contribution in [0.5, 0.6) is 0 Å². The topological polar surface area (TPSA) is 36.4 Å². The molecule has 100 valence electrons. The minimum Gasteiger partial charge on any atom is -0.392 e. The molecule has 19 heavy (non-hydrogen) atoms. The highest BCUT2D eigenvalue weighted by molar-refractivity contribution is 7.10. The van der Waals surface area contributed by atoms with Crippen LogP contribution in [0.15, 0.2) is 23.7 Å². The fourth-order valence-electron chi connectivity index (χ4n) is 2.57. The first-order valence-electron chi connectivity index (χ1n) is 6.29. The molecule has 1 aliphatic heterocycles. The predicted molar refractivity (Wildman–Crippen MR) is 79.0 cm³/mol. The van der Waals surface area contributed by atoms with Crippen molar-refractivity contribution in [2.75, 3.05) is 11.4 Å². The Morgan fingerprint density at radius 1 is 1.58 bits per heavy atom. The third kappa shape index (κ3) is 2.24. The van der Waals surface area contributed by atoms with E-state index in [0.717, 1.165) is 24.3 Å². The summed E-state index contributed by atoms with van der Waals surface area (Å²) >= 11 is 8.12. The number of rotatable bonds is 2. The van der Waals surface area contributed by atoms with Crippen LogP contribution in [0.25, 0.3) is 0 Å². The molecule has 2 aromatic rings. The van der Waals surface area contributed by atoms with Crippen molar-refractivity contribution in [2.45, 2.75) is 26.0 Å². The maximum atomic E-state index is 9.11. The quantitative estimate of drug-likeness (QED) is 0.922. The minimum atomic E-state index is -0.0305. The van der Waals surface area contributed by atoms with Crippen LogP contribution in [-0.4, -0.2) is 16.6 Å². The fourth-order valence-corrected chi connectivity index (χ4v) is 3.83. The number of thiophene rings is 1. The van der Waals surface area contributed by atoms with Crippen molar-refractivity contribution in [3.63, 3.8) is 0 Å². The van der Waals surface area contributed by atoms with E-state index in [2.05, 4.69) is 28.3 Å². The van der Waals surface area contributed by atoms with Crippen molar-refractivity contribution in [2.24, 2.45) is 0 Å². The predicted octanol–water partition coefficient (Wildman–Crippen LogP) is 3.41. The summed E-state index contributed by atoms with van der Waals surface area (Å²) in [5, 5.41) is 11.9. The average Bonchev–Trinajstić information content (AvgIpc) is 2.89. The standard InChI is InChI=1S/C14H15ClN2OS/c1-9-11-3-5-19-13(11)2-4-17(9)14-12(15)6-10(8-18)7-16-14/h3,5-7,9,18H,2,4,8H2,1H3. The van der Waals surface area contributed by atoms with Gasteiger partial charge in [-0.2, -0.15) is 0 Å². The number of aliphatic hydroxyl groups is 1. The molecule has 0 aliphatic carbocycles. The first kappa shape index (κ1) is 12.9. The summed E-state index contributed by atoms with van der Waals surface area (Å²) in [4.78, 5) is 8.12. The molecule has 0 saturated heterocycles. The monoisotopic (exact) mass is 294 g/mol. The number of hydrogen-bond acceptors (Lipinski definition) is 4. The van der Waals surface area contributed by atoms with E-state index in [9.17, 15) is 0 Å². The largest absolute Gasteiger partial charge is 0.392 e. The first-order chi connectivity index (χ1) is 9.20. The van der Waals surface area contributed by atoms with E-state index >= 15 is 0 Å². The van der Waals surface area contributed by atoms with Crippen LogP contribution in [-0.2, 0) is 13.0 Å². The van der Waals surface area contributed by atoms with Crippen LogP contribution < -0.4 is 4.90 Å². The zero-order valence-corrected chi connectivity index (χ0v) is 12.2. The summed E-state index contributed by atoms with van der Waals surface area (Å²) in [5.41, 5.74) is 2.12. The van der Waals surface area contributed by atoms with E-state index in [1.165, 1.54) is 10.4 Å². The van der Waals surface area contributed by atoms with Crippen LogP contribution in [0.1, 0.15) is 29.0 Å². The van der Waals surface area contributed by atoms with Gasteiger partial charge in [-0.05, 0) is 42.0 Å². The van der Waals surface area contributed by atoms with E-state index in [1.54, 1.807) is 12.3 Å². The molecule has 5 heteroatoms. The summed E-state index contributed by atoms with van der Waals surface area (Å²) in [6.45, 7) is 3.08. The highest BCUT2D eigenvalue weighted by atomic mass is 35.5. The molecule has 0 saturated carbocycles. The molecule has 0 radical (unpaired) electrons. The molecule has 3 nitrogen and oxygen atoms in total. The number of nitrogens with zero attached hydrogens (tertiary/aromatic N) is 2. The maximum absolute atomic E-state index is 9.11. The molecule has 0 bridgehead atoms. The Labute approximate surface area is 121 Å². The van der Waals surface area contributed by atoms with Crippen molar-refractivity contribution in [3.8, 4) is 0 Å². The van der Waals surface area contributed by atoms with Gasteiger partial charge in [-0.1, -0.05) is 11.6 Å². The molecule has 3 heterocycles. The third-order valence-corrected chi connectivity index (χ3v) is 4.88. The lowest BCUT2D eigenvalue weighted by atomic mass is 10.0. The van der Waals surface area contributed by atoms with Gasteiger partial charge >= 0.3 is 0 Å². The summed E-state index contributed by atoms with van der Waals surface area (Å²) in [5.74, 6) is 0.809. The molecular weight excluding hydrogens is 280 g/mol. The van der Waals surface area contributed by atoms with E-state index in [4.69, 9.17) is 16.7 Å². The summed E-state index contributed by atoms with van der Waals surface area (Å²) in [7, 11) is 0. The SMILES string of the molecule is CC1c2ccsc2CCN1c1ncc(CO)cc1Cl. The lowest BCUT2D eigenvalue weighted by molar-refractivity contribution is 0.281. The van der Waals surface area contributed by atoms with Crippen molar-refractivity contribution in [1.82, 2.24) is 4.98 Å². The number of aromatic nitrogens is 1. The zero-order chi connectivity index (χ0) is 13.4. The van der Waals surface area contributed by atoms with Crippen molar-refractivity contribution in [1.29, 1.82) is 0 Å². The van der Waals surface area contributed by atoms with Crippen molar-refractivity contribution < 1.29 is 5.11 Å². The molecule has 1 N–H and O–H groups in total. The molecule has 1 unspecified atom stereocenters. The molecule has 1 atom stereocenters. The second kappa shape index (κ2) is 5.12. The van der Waals surface area contributed by atoms with E-state index < -0.39 is 0 Å². The average molecular weight is 295 g/mol. The Bertz CT molecular complexity index is 599. The number of hydrogen-bond donors (Lipinski definition) is 1. The van der Waals surface area contributed by atoms with Crippen LogP contribution >= 0.6 is 22.9 Å². The molecule has 3 rings (SSSR count). The molecule has 2 aromatic heterocycles. The Kier molecular flexibility index (Phi) is 3.48. The summed E-state index contributed by atoms with van der Waals surface area (Å²) in [6.07, 6.45) is 2.73. The van der Waals surface area contributed by atoms with E-state index in [-0.39, 0.29) is 6.61 Å². The highest BCUT2D eigenvalue weighted by Gasteiger charge is 2.26. The Balaban J connectivity index is 1.95. The minimum absolute atomic E-state index is 0.0305. The zero-order valence-electron chi connectivity index (χ0n) is 10.6. The number of fused-ring (bicyclic) bond motifs is 1. The highest BCUT2D eigenvalue weighted by Crippen LogP contribution is 2.37. The van der Waals surface area contributed by atoms with Gasteiger partial charge in [-0.15, -0.1) is 11.3 Å². The molecule has 0 fully saturated rings. The molecule has 0 spiro atoms. The van der Waals surface area contributed by atoms with E-state index in [0.29, 0.717) is 11.1 Å². The Morgan fingerprint density at radius 3 is 3.16 bits per heavy atom. The van der Waals surface area contributed by atoms with Gasteiger partial charge in [0.1, 0.15) is 5.82 Å². The summed E-state index contributed by atoms with van der Waals surface area (Å²) in [6, 6.07) is 4.27. The number of anilines is 1. The Morgan fingerprint density at radius 2 is 2.42 bits per heavy atom. The third-order valence-electron chi connectivity index (χ3n) is 3.61. The number of halogens is 1. The van der Waals surface area contributed by atoms with Crippen molar-refractivity contribution in [3.05, 3.63) is 44.7 Å². The van der Waals surface area contributed by atoms with Crippen molar-refractivity contribution >= 4 is 28.8 Å². The van der Waals surface area contributed by atoms with Crippen LogP contribution in [0, 0.1) is 0 Å². The van der Waals surface area contributed by atoms with Gasteiger partial charge in [0.2, 0.25) is 0 Å².